The molecule has 0 spiro atoms. The second-order valence-corrected chi connectivity index (χ2v) is 17.6. The highest BCUT2D eigenvalue weighted by Gasteiger charge is 2.29. The van der Waals surface area contributed by atoms with Crippen LogP contribution in [0, 0.1) is 0 Å². The molecular weight excluding hydrogens is 749 g/mol. The van der Waals surface area contributed by atoms with Crippen molar-refractivity contribution in [1.82, 2.24) is 30.0 Å². The molecule has 2 aromatic heterocycles. The monoisotopic (exact) mass is 815 g/mol. The normalized spacial score (nSPS) is 19.3. The number of hydrogen-bond donors (Lipinski definition) is 1. The molecule has 0 radical (unpaired) electrons. The first-order valence-electron chi connectivity index (χ1n) is 23.4. The molecule has 7 heteroatoms. The molecule has 0 aliphatic carbocycles. The van der Waals surface area contributed by atoms with Gasteiger partial charge in [-0.1, -0.05) is 110 Å². The Balaban J connectivity index is 0.000000150. The van der Waals surface area contributed by atoms with E-state index in [1.807, 2.05) is 24.3 Å². The molecule has 4 aliphatic rings. The standard InChI is InChI=1S/C27H33N3.C22H22N2O.C5H11N/c1-21(29-18-14-23(15-19-29)30-16-8-3-9-17-30)25-20-27(22-10-4-2-5-11-22)28-26-13-7-6-12-24(25)26;1-16(24-13-11-18(25)12-14-24)20-15-22(17-7-3-2-4-8-17)23-21-10-6-5-9-19(20)21;1-2-4-6-5-3-1/h2,4-7,10-13,20-21,23H,3,8-9,14-19H2,1H3;2-10,15-16H,11-14H2,1H3;6H,1-5H2. The molecule has 1 N–H and O–H groups in total. The number of pyridine rings is 2. The summed E-state index contributed by atoms with van der Waals surface area (Å²) in [5.74, 6) is 0.382. The molecule has 4 fully saturated rings. The van der Waals surface area contributed by atoms with E-state index >= 15 is 0 Å². The number of carbonyl (C=O) groups is 1. The van der Waals surface area contributed by atoms with Gasteiger partial charge in [-0.05, 0) is 114 Å². The summed E-state index contributed by atoms with van der Waals surface area (Å²) in [6.07, 6.45) is 12.4. The molecule has 61 heavy (non-hydrogen) atoms. The van der Waals surface area contributed by atoms with E-state index in [0.717, 1.165) is 47.1 Å². The van der Waals surface area contributed by atoms with Gasteiger partial charge in [0, 0.05) is 79.0 Å². The van der Waals surface area contributed by atoms with E-state index in [0.29, 0.717) is 24.7 Å². The van der Waals surface area contributed by atoms with Crippen molar-refractivity contribution >= 4 is 27.6 Å². The zero-order valence-corrected chi connectivity index (χ0v) is 36.7. The first-order valence-corrected chi connectivity index (χ1v) is 23.4. The van der Waals surface area contributed by atoms with E-state index < -0.39 is 0 Å². The Morgan fingerprint density at radius 2 is 0.967 bits per heavy atom. The van der Waals surface area contributed by atoms with Gasteiger partial charge in [-0.15, -0.1) is 0 Å². The van der Waals surface area contributed by atoms with E-state index in [1.54, 1.807) is 0 Å². The first kappa shape index (κ1) is 42.9. The topological polar surface area (TPSA) is 64.6 Å². The molecule has 4 aliphatic heterocycles. The molecular formula is C54H66N6O. The van der Waals surface area contributed by atoms with E-state index in [4.69, 9.17) is 9.97 Å². The number of ketones is 1. The average Bonchev–Trinajstić information content (AvgIpc) is 3.35. The van der Waals surface area contributed by atoms with Crippen molar-refractivity contribution in [1.29, 1.82) is 0 Å². The molecule has 4 aromatic carbocycles. The van der Waals surface area contributed by atoms with Crippen LogP contribution in [0.5, 0.6) is 0 Å². The number of fused-ring (bicyclic) bond motifs is 2. The predicted octanol–water partition coefficient (Wildman–Crippen LogP) is 11.3. The third kappa shape index (κ3) is 11.0. The lowest BCUT2D eigenvalue weighted by molar-refractivity contribution is -0.121. The number of likely N-dealkylation sites (tertiary alicyclic amines) is 3. The van der Waals surface area contributed by atoms with Crippen LogP contribution < -0.4 is 5.32 Å². The maximum Gasteiger partial charge on any atom is 0.135 e. The highest BCUT2D eigenvalue weighted by Crippen LogP contribution is 2.35. The highest BCUT2D eigenvalue weighted by molar-refractivity contribution is 5.87. The number of hydrogen-bond acceptors (Lipinski definition) is 7. The van der Waals surface area contributed by atoms with Gasteiger partial charge >= 0.3 is 0 Å². The van der Waals surface area contributed by atoms with Crippen molar-refractivity contribution in [3.8, 4) is 22.5 Å². The number of aromatic nitrogens is 2. The first-order chi connectivity index (χ1) is 30.0. The molecule has 6 aromatic rings. The summed E-state index contributed by atoms with van der Waals surface area (Å²) in [5.41, 5.74) is 9.25. The van der Waals surface area contributed by atoms with Crippen molar-refractivity contribution in [2.45, 2.75) is 96.2 Å². The smallest absolute Gasteiger partial charge is 0.135 e. The number of nitrogens with one attached hydrogen (secondary N) is 1. The average molecular weight is 815 g/mol. The van der Waals surface area contributed by atoms with Gasteiger partial charge in [0.15, 0.2) is 0 Å². The zero-order valence-electron chi connectivity index (χ0n) is 36.7. The number of para-hydroxylation sites is 2. The van der Waals surface area contributed by atoms with Gasteiger partial charge in [0.05, 0.1) is 22.4 Å². The van der Waals surface area contributed by atoms with Gasteiger partial charge in [-0.25, -0.2) is 9.97 Å². The fourth-order valence-corrected chi connectivity index (χ4v) is 9.89. The summed E-state index contributed by atoms with van der Waals surface area (Å²) in [7, 11) is 0. The molecule has 0 bridgehead atoms. The van der Waals surface area contributed by atoms with Crippen molar-refractivity contribution < 1.29 is 4.79 Å². The number of nitrogens with zero attached hydrogens (tertiary/aromatic N) is 5. The molecule has 318 valence electrons. The Hall–Kier alpha value is -4.79. The number of benzene rings is 4. The van der Waals surface area contributed by atoms with Crippen LogP contribution in [0.1, 0.15) is 101 Å². The minimum absolute atomic E-state index is 0.267. The Kier molecular flexibility index (Phi) is 15.0. The predicted molar refractivity (Wildman–Crippen MR) is 254 cm³/mol. The summed E-state index contributed by atoms with van der Waals surface area (Å²) >= 11 is 0. The summed E-state index contributed by atoms with van der Waals surface area (Å²) in [6, 6.07) is 43.9. The molecule has 2 unspecified atom stereocenters. The van der Waals surface area contributed by atoms with Crippen molar-refractivity contribution in [2.75, 3.05) is 52.4 Å². The van der Waals surface area contributed by atoms with Crippen LogP contribution in [0.2, 0.25) is 0 Å². The zero-order chi connectivity index (χ0) is 41.8. The third-order valence-corrected chi connectivity index (χ3v) is 13.6. The number of piperidine rings is 4. The minimum Gasteiger partial charge on any atom is -0.317 e. The lowest BCUT2D eigenvalue weighted by Gasteiger charge is -2.42. The fourth-order valence-electron chi connectivity index (χ4n) is 9.89. The number of rotatable bonds is 7. The molecule has 4 saturated heterocycles. The van der Waals surface area contributed by atoms with Crippen LogP contribution in [0.4, 0.5) is 0 Å². The molecule has 10 rings (SSSR count). The number of carbonyl (C=O) groups excluding carboxylic acids is 1. The van der Waals surface area contributed by atoms with Crippen LogP contribution in [0.15, 0.2) is 121 Å². The highest BCUT2D eigenvalue weighted by atomic mass is 16.1. The molecule has 0 amide bonds. The van der Waals surface area contributed by atoms with Crippen LogP contribution in [0.25, 0.3) is 44.3 Å². The van der Waals surface area contributed by atoms with E-state index in [2.05, 4.69) is 131 Å². The molecule has 2 atom stereocenters. The van der Waals surface area contributed by atoms with Crippen molar-refractivity contribution in [3.63, 3.8) is 0 Å². The summed E-state index contributed by atoms with van der Waals surface area (Å²) in [5, 5.41) is 5.78. The van der Waals surface area contributed by atoms with Gasteiger partial charge in [0.1, 0.15) is 5.78 Å². The van der Waals surface area contributed by atoms with Gasteiger partial charge in [0.25, 0.3) is 0 Å². The molecule has 6 heterocycles. The fraction of sp³-hybridized carbons (Fsp3) is 0.426. The Labute approximate surface area is 364 Å². The van der Waals surface area contributed by atoms with E-state index in [1.165, 1.54) is 118 Å². The summed E-state index contributed by atoms with van der Waals surface area (Å²) in [4.78, 5) is 29.3. The largest absolute Gasteiger partial charge is 0.317 e. The number of Topliss-reactive ketones (excluding diaryl/α,β-unsaturated/α-hetero) is 1. The van der Waals surface area contributed by atoms with Crippen LogP contribution in [-0.2, 0) is 4.79 Å². The Morgan fingerprint density at radius 1 is 0.525 bits per heavy atom. The van der Waals surface area contributed by atoms with E-state index in [-0.39, 0.29) is 6.04 Å². The minimum atomic E-state index is 0.267. The van der Waals surface area contributed by atoms with Gasteiger partial charge in [0.2, 0.25) is 0 Å². The lowest BCUT2D eigenvalue weighted by Crippen LogP contribution is -2.47. The molecule has 7 nitrogen and oxygen atoms in total. The van der Waals surface area contributed by atoms with Crippen LogP contribution in [-0.4, -0.2) is 88.9 Å². The quantitative estimate of drug-likeness (QED) is 0.172. The van der Waals surface area contributed by atoms with Gasteiger partial charge in [-0.2, -0.15) is 0 Å². The second-order valence-electron chi connectivity index (χ2n) is 17.6. The summed E-state index contributed by atoms with van der Waals surface area (Å²) < 4.78 is 0. The maximum atomic E-state index is 11.6. The van der Waals surface area contributed by atoms with Gasteiger partial charge in [-0.3, -0.25) is 14.6 Å². The second kappa shape index (κ2) is 21.3. The lowest BCUT2D eigenvalue weighted by atomic mass is 9.95. The third-order valence-electron chi connectivity index (χ3n) is 13.6. The maximum absolute atomic E-state index is 11.6. The summed E-state index contributed by atoms with van der Waals surface area (Å²) in [6.45, 7) is 13.8. The molecule has 0 saturated carbocycles. The SMILES string of the molecule is C1CCNCC1.CC(c1cc(-c2ccccc2)nc2ccccc12)N1CCC(=O)CC1.CC(c1cc(-c2ccccc2)nc2ccccc12)N1CCC(N2CCCCC2)CC1. The van der Waals surface area contributed by atoms with Crippen LogP contribution in [0.3, 0.4) is 0 Å². The van der Waals surface area contributed by atoms with E-state index in [9.17, 15) is 4.79 Å². The van der Waals surface area contributed by atoms with Gasteiger partial charge < -0.3 is 10.2 Å². The van der Waals surface area contributed by atoms with Crippen molar-refractivity contribution in [2.24, 2.45) is 0 Å². The van der Waals surface area contributed by atoms with Crippen molar-refractivity contribution in [3.05, 3.63) is 132 Å². The van der Waals surface area contributed by atoms with Crippen LogP contribution >= 0.6 is 0 Å². The Bertz CT molecular complexity index is 2270. The Morgan fingerprint density at radius 3 is 1.43 bits per heavy atom.